The topological polar surface area (TPSA) is 25.8 Å². The van der Waals surface area contributed by atoms with Gasteiger partial charge in [0.25, 0.3) is 0 Å². The second kappa shape index (κ2) is 7.63. The maximum atomic E-state index is 5.18. The van der Waals surface area contributed by atoms with Crippen LogP contribution in [0, 0.1) is 62.3 Å². The van der Waals surface area contributed by atoms with Gasteiger partial charge in [0, 0.05) is 24.0 Å². The lowest BCUT2D eigenvalue weighted by Gasteiger charge is -2.30. The Morgan fingerprint density at radius 2 is 0.857 bits per heavy atom. The summed E-state index contributed by atoms with van der Waals surface area (Å²) in [7, 11) is 0. The van der Waals surface area contributed by atoms with Crippen molar-refractivity contribution < 1.29 is 0 Å². The first-order valence-electron chi connectivity index (χ1n) is 13.1. The van der Waals surface area contributed by atoms with E-state index in [0.29, 0.717) is 0 Å². The largest absolute Gasteiger partial charge is 0.237 e. The first-order chi connectivity index (χ1) is 16.3. The summed E-state index contributed by atoms with van der Waals surface area (Å²) >= 11 is 0. The molecule has 4 aromatic rings. The van der Waals surface area contributed by atoms with Gasteiger partial charge in [0.2, 0.25) is 0 Å². The molecule has 0 radical (unpaired) electrons. The number of aryl methyl sites for hydroxylation is 5. The summed E-state index contributed by atoms with van der Waals surface area (Å²) in [5, 5.41) is 5.88. The summed E-state index contributed by atoms with van der Waals surface area (Å²) in [5.74, 6) is 0.959. The van der Waals surface area contributed by atoms with Crippen molar-refractivity contribution in [2.45, 2.75) is 101 Å². The summed E-state index contributed by atoms with van der Waals surface area (Å²) < 4.78 is 0. The molecule has 5 rings (SSSR count). The molecular weight excluding hydrogens is 424 g/mol. The molecule has 0 amide bonds. The van der Waals surface area contributed by atoms with Crippen molar-refractivity contribution in [1.82, 2.24) is 9.97 Å². The number of aromatic nitrogens is 2. The van der Waals surface area contributed by atoms with Crippen LogP contribution in [-0.2, 0) is 18.3 Å². The number of hydrogen-bond acceptors (Lipinski definition) is 2. The summed E-state index contributed by atoms with van der Waals surface area (Å²) in [6.07, 6.45) is 1.80. The molecule has 0 spiro atoms. The van der Waals surface area contributed by atoms with Crippen LogP contribution in [0.3, 0.4) is 0 Å². The van der Waals surface area contributed by atoms with Crippen molar-refractivity contribution in [1.29, 1.82) is 0 Å². The quantitative estimate of drug-likeness (QED) is 0.215. The highest BCUT2D eigenvalue weighted by molar-refractivity contribution is 6.17. The van der Waals surface area contributed by atoms with Crippen LogP contribution in [0.25, 0.3) is 21.5 Å². The fraction of sp³-hybridized carbons (Fsp3) is 0.455. The molecule has 0 N–H and O–H groups in total. The minimum absolute atomic E-state index is 0.0614. The lowest BCUT2D eigenvalue weighted by molar-refractivity contribution is 0.537. The molecule has 1 aliphatic carbocycles. The van der Waals surface area contributed by atoms with Gasteiger partial charge in [-0.05, 0) is 145 Å². The third kappa shape index (κ3) is 3.21. The second-order valence-corrected chi connectivity index (χ2v) is 12.1. The van der Waals surface area contributed by atoms with Crippen LogP contribution in [0.5, 0.6) is 0 Å². The van der Waals surface area contributed by atoms with E-state index in [-0.39, 0.29) is 5.41 Å². The molecule has 0 aliphatic heterocycles. The van der Waals surface area contributed by atoms with Crippen LogP contribution < -0.4 is 0 Å². The number of nitrogens with zero attached hydrogens (tertiary/aromatic N) is 2. The number of fused-ring (bicyclic) bond motifs is 7. The van der Waals surface area contributed by atoms with Crippen molar-refractivity contribution in [3.63, 3.8) is 0 Å². The summed E-state index contributed by atoms with van der Waals surface area (Å²) in [5.41, 5.74) is 18.1. The molecule has 0 unspecified atom stereocenters. The molecule has 0 saturated heterocycles. The van der Waals surface area contributed by atoms with Crippen LogP contribution in [0.2, 0.25) is 0 Å². The summed E-state index contributed by atoms with van der Waals surface area (Å²) in [4.78, 5) is 10.2. The zero-order valence-electron chi connectivity index (χ0n) is 23.8. The Morgan fingerprint density at radius 3 is 1.29 bits per heavy atom. The molecule has 1 aromatic heterocycles. The normalized spacial score (nSPS) is 13.5. The van der Waals surface area contributed by atoms with Crippen molar-refractivity contribution in [2.24, 2.45) is 0 Å². The molecule has 182 valence electrons. The van der Waals surface area contributed by atoms with Crippen molar-refractivity contribution >= 4 is 21.5 Å². The van der Waals surface area contributed by atoms with Crippen LogP contribution in [0.15, 0.2) is 0 Å². The molecule has 0 bridgehead atoms. The SMILES string of the molecule is Cc1nc(C(C)(C)C)nc2c1Cc1c(c3c(C)c(C)c(C)c(C)c3c3c(C)c(C)c(C)c(C)c13)C2. The van der Waals surface area contributed by atoms with Gasteiger partial charge in [0.1, 0.15) is 5.82 Å². The highest BCUT2D eigenvalue weighted by Gasteiger charge is 2.30. The molecular formula is C33H40N2. The Morgan fingerprint density at radius 1 is 0.457 bits per heavy atom. The van der Waals surface area contributed by atoms with E-state index in [1.165, 1.54) is 88.4 Å². The fourth-order valence-electron chi connectivity index (χ4n) is 6.41. The maximum absolute atomic E-state index is 5.18. The third-order valence-electron chi connectivity index (χ3n) is 9.26. The van der Waals surface area contributed by atoms with E-state index in [0.717, 1.165) is 24.4 Å². The average molecular weight is 465 g/mol. The number of benzene rings is 3. The zero-order valence-corrected chi connectivity index (χ0v) is 23.8. The lowest BCUT2D eigenvalue weighted by Crippen LogP contribution is -2.22. The maximum Gasteiger partial charge on any atom is 0.134 e. The Bertz CT molecular complexity index is 1590. The summed E-state index contributed by atoms with van der Waals surface area (Å²) in [6.45, 7) is 27.4. The van der Waals surface area contributed by atoms with Crippen LogP contribution in [0.1, 0.15) is 99.2 Å². The Balaban J connectivity index is 2.02. The molecule has 0 atom stereocenters. The van der Waals surface area contributed by atoms with Crippen LogP contribution in [-0.4, -0.2) is 9.97 Å². The molecule has 1 heterocycles. The summed E-state index contributed by atoms with van der Waals surface area (Å²) in [6, 6.07) is 0. The number of hydrogen-bond donors (Lipinski definition) is 0. The Hall–Kier alpha value is -2.74. The average Bonchev–Trinajstić information content (AvgIpc) is 2.80. The van der Waals surface area contributed by atoms with Crippen molar-refractivity contribution in [3.05, 3.63) is 78.4 Å². The van der Waals surface area contributed by atoms with Gasteiger partial charge < -0.3 is 0 Å². The highest BCUT2D eigenvalue weighted by Crippen LogP contribution is 2.46. The molecule has 0 saturated carbocycles. The van der Waals surface area contributed by atoms with Crippen LogP contribution in [0.4, 0.5) is 0 Å². The van der Waals surface area contributed by atoms with E-state index < -0.39 is 0 Å². The van der Waals surface area contributed by atoms with Crippen molar-refractivity contribution in [3.8, 4) is 0 Å². The molecule has 2 nitrogen and oxygen atoms in total. The van der Waals surface area contributed by atoms with Gasteiger partial charge >= 0.3 is 0 Å². The standard InChI is InChI=1S/C33H40N2/c1-15-17(3)21(7)30-28(19(15)5)25-13-24-23(9)34-32(33(10,11)12)35-27(24)14-26(25)29-20(6)16(2)18(4)22(8)31(29)30/h13-14H2,1-12H3. The van der Waals surface area contributed by atoms with Gasteiger partial charge in [0.15, 0.2) is 0 Å². The molecule has 3 aromatic carbocycles. The van der Waals surface area contributed by atoms with E-state index in [1.807, 2.05) is 0 Å². The predicted molar refractivity (Wildman–Crippen MR) is 150 cm³/mol. The zero-order chi connectivity index (χ0) is 25.7. The van der Waals surface area contributed by atoms with Crippen molar-refractivity contribution in [2.75, 3.05) is 0 Å². The van der Waals surface area contributed by atoms with Gasteiger partial charge in [-0.15, -0.1) is 0 Å². The van der Waals surface area contributed by atoms with E-state index >= 15 is 0 Å². The molecule has 1 aliphatic rings. The Kier molecular flexibility index (Phi) is 5.23. The minimum atomic E-state index is -0.0614. The number of rotatable bonds is 0. The molecule has 2 heteroatoms. The lowest BCUT2D eigenvalue weighted by atomic mass is 9.75. The van der Waals surface area contributed by atoms with Gasteiger partial charge in [-0.1, -0.05) is 20.8 Å². The van der Waals surface area contributed by atoms with E-state index in [9.17, 15) is 0 Å². The van der Waals surface area contributed by atoms with E-state index in [2.05, 4.69) is 83.1 Å². The van der Waals surface area contributed by atoms with E-state index in [1.54, 1.807) is 0 Å². The van der Waals surface area contributed by atoms with Gasteiger partial charge in [-0.3, -0.25) is 0 Å². The first-order valence-corrected chi connectivity index (χ1v) is 13.1. The first kappa shape index (κ1) is 24.0. The minimum Gasteiger partial charge on any atom is -0.237 e. The second-order valence-electron chi connectivity index (χ2n) is 12.1. The smallest absolute Gasteiger partial charge is 0.134 e. The molecule has 35 heavy (non-hydrogen) atoms. The van der Waals surface area contributed by atoms with Gasteiger partial charge in [0.05, 0.1) is 5.69 Å². The predicted octanol–water partition coefficient (Wildman–Crippen LogP) is 8.35. The van der Waals surface area contributed by atoms with E-state index in [4.69, 9.17) is 9.97 Å². The monoisotopic (exact) mass is 464 g/mol. The highest BCUT2D eigenvalue weighted by atomic mass is 14.9. The Labute approximate surface area is 211 Å². The fourth-order valence-corrected chi connectivity index (χ4v) is 6.41. The third-order valence-corrected chi connectivity index (χ3v) is 9.26. The molecule has 0 fully saturated rings. The van der Waals surface area contributed by atoms with Crippen LogP contribution >= 0.6 is 0 Å². The van der Waals surface area contributed by atoms with Gasteiger partial charge in [-0.2, -0.15) is 0 Å². The van der Waals surface area contributed by atoms with Gasteiger partial charge in [-0.25, -0.2) is 9.97 Å².